The molecule has 3 rings (SSSR count). The van der Waals surface area contributed by atoms with Crippen LogP contribution in [0.2, 0.25) is 0 Å². The van der Waals surface area contributed by atoms with Crippen molar-refractivity contribution in [3.8, 4) is 11.5 Å². The lowest BCUT2D eigenvalue weighted by Crippen LogP contribution is -2.42. The average molecular weight is 432 g/mol. The number of carbonyl (C=O) groups excluding carboxylic acids is 1. The molecule has 0 aliphatic carbocycles. The zero-order chi connectivity index (χ0) is 22.1. The third-order valence-corrected chi connectivity index (χ3v) is 4.89. The Bertz CT molecular complexity index is 871. The Hall–Kier alpha value is -2.97. The Balaban J connectivity index is 1.67. The highest BCUT2D eigenvalue weighted by Gasteiger charge is 2.19. The summed E-state index contributed by atoms with van der Waals surface area (Å²) in [5.74, 6) is -0.153. The van der Waals surface area contributed by atoms with Gasteiger partial charge in [0.15, 0.2) is 11.5 Å². The van der Waals surface area contributed by atoms with Crippen molar-refractivity contribution in [2.45, 2.75) is 12.7 Å². The Morgan fingerprint density at radius 2 is 1.90 bits per heavy atom. The number of hydrogen-bond acceptors (Lipinski definition) is 5. The number of carbonyl (C=O) groups is 1. The van der Waals surface area contributed by atoms with E-state index in [1.54, 1.807) is 12.1 Å². The van der Waals surface area contributed by atoms with Crippen LogP contribution in [0.15, 0.2) is 54.6 Å². The molecule has 1 N–H and O–H groups in total. The summed E-state index contributed by atoms with van der Waals surface area (Å²) in [5.41, 5.74) is 1.64. The molecule has 1 aliphatic rings. The van der Waals surface area contributed by atoms with E-state index in [-0.39, 0.29) is 23.4 Å². The van der Waals surface area contributed by atoms with E-state index in [2.05, 4.69) is 15.0 Å². The number of alkyl halides is 2. The second-order valence-electron chi connectivity index (χ2n) is 7.01. The summed E-state index contributed by atoms with van der Waals surface area (Å²) in [6, 6.07) is 14.1. The number of morpholine rings is 1. The number of hydrogen-bond donors (Lipinski definition) is 1. The van der Waals surface area contributed by atoms with Crippen molar-refractivity contribution in [2.75, 3.05) is 40.0 Å². The van der Waals surface area contributed by atoms with Gasteiger partial charge in [0, 0.05) is 25.7 Å². The standard InChI is InChI=1S/C23H26F2N2O4/c1-29-21-15-17(7-9-20(21)31-23(24)25)8-10-22(28)26-19(18-5-3-2-4-6-18)16-27-11-13-30-14-12-27/h2-10,15,19,23H,11-14,16H2,1H3,(H,26,28). The van der Waals surface area contributed by atoms with E-state index >= 15 is 0 Å². The van der Waals surface area contributed by atoms with E-state index in [9.17, 15) is 13.6 Å². The second kappa shape index (κ2) is 11.4. The van der Waals surface area contributed by atoms with Crippen LogP contribution in [0.4, 0.5) is 8.78 Å². The molecule has 0 spiro atoms. The van der Waals surface area contributed by atoms with Gasteiger partial charge < -0.3 is 19.5 Å². The summed E-state index contributed by atoms with van der Waals surface area (Å²) in [6.07, 6.45) is 3.01. The number of ether oxygens (including phenoxy) is 3. The molecule has 2 aromatic rings. The van der Waals surface area contributed by atoms with E-state index in [0.29, 0.717) is 25.3 Å². The number of halogens is 2. The van der Waals surface area contributed by atoms with Crippen molar-refractivity contribution in [3.05, 3.63) is 65.7 Å². The van der Waals surface area contributed by atoms with E-state index in [0.717, 1.165) is 18.7 Å². The monoisotopic (exact) mass is 432 g/mol. The lowest BCUT2D eigenvalue weighted by molar-refractivity contribution is -0.117. The van der Waals surface area contributed by atoms with Gasteiger partial charge in [-0.1, -0.05) is 36.4 Å². The fraction of sp³-hybridized carbons (Fsp3) is 0.348. The van der Waals surface area contributed by atoms with E-state index in [1.165, 1.54) is 25.3 Å². The summed E-state index contributed by atoms with van der Waals surface area (Å²) < 4.78 is 39.8. The van der Waals surface area contributed by atoms with Crippen molar-refractivity contribution in [1.29, 1.82) is 0 Å². The fourth-order valence-electron chi connectivity index (χ4n) is 3.33. The third-order valence-electron chi connectivity index (χ3n) is 4.89. The molecule has 1 atom stereocenters. The van der Waals surface area contributed by atoms with Crippen molar-refractivity contribution >= 4 is 12.0 Å². The maximum Gasteiger partial charge on any atom is 0.387 e. The van der Waals surface area contributed by atoms with E-state index in [4.69, 9.17) is 9.47 Å². The van der Waals surface area contributed by atoms with Gasteiger partial charge in [-0.15, -0.1) is 0 Å². The molecule has 1 amide bonds. The van der Waals surface area contributed by atoms with Crippen molar-refractivity contribution in [2.24, 2.45) is 0 Å². The lowest BCUT2D eigenvalue weighted by atomic mass is 10.1. The van der Waals surface area contributed by atoms with Crippen LogP contribution in [0.5, 0.6) is 11.5 Å². The van der Waals surface area contributed by atoms with Gasteiger partial charge >= 0.3 is 6.61 Å². The van der Waals surface area contributed by atoms with E-state index < -0.39 is 6.61 Å². The summed E-state index contributed by atoms with van der Waals surface area (Å²) in [7, 11) is 1.37. The van der Waals surface area contributed by atoms with Gasteiger partial charge in [0.25, 0.3) is 0 Å². The van der Waals surface area contributed by atoms with Gasteiger partial charge in [-0.25, -0.2) is 0 Å². The molecule has 1 saturated heterocycles. The van der Waals surface area contributed by atoms with Gasteiger partial charge in [0.2, 0.25) is 5.91 Å². The summed E-state index contributed by atoms with van der Waals surface area (Å²) in [6.45, 7) is 0.747. The van der Waals surface area contributed by atoms with E-state index in [1.807, 2.05) is 30.3 Å². The Labute approximate surface area is 180 Å². The number of nitrogens with one attached hydrogen (secondary N) is 1. The van der Waals surface area contributed by atoms with Crippen molar-refractivity contribution in [3.63, 3.8) is 0 Å². The van der Waals surface area contributed by atoms with Crippen LogP contribution in [0.3, 0.4) is 0 Å². The first kappa shape index (κ1) is 22.7. The van der Waals surface area contributed by atoms with Crippen LogP contribution < -0.4 is 14.8 Å². The molecule has 1 aliphatic heterocycles. The van der Waals surface area contributed by atoms with Gasteiger partial charge in [-0.3, -0.25) is 9.69 Å². The normalized spacial score (nSPS) is 15.7. The van der Waals surface area contributed by atoms with Crippen LogP contribution >= 0.6 is 0 Å². The molecule has 8 heteroatoms. The topological polar surface area (TPSA) is 60.0 Å². The lowest BCUT2D eigenvalue weighted by Gasteiger charge is -2.31. The molecule has 6 nitrogen and oxygen atoms in total. The molecule has 1 heterocycles. The largest absolute Gasteiger partial charge is 0.493 e. The molecule has 2 aromatic carbocycles. The van der Waals surface area contributed by atoms with Crippen molar-refractivity contribution in [1.82, 2.24) is 10.2 Å². The highest BCUT2D eigenvalue weighted by atomic mass is 19.3. The first-order chi connectivity index (χ1) is 15.0. The van der Waals surface area contributed by atoms with Gasteiger partial charge in [-0.05, 0) is 29.3 Å². The smallest absolute Gasteiger partial charge is 0.387 e. The third kappa shape index (κ3) is 7.04. The molecule has 31 heavy (non-hydrogen) atoms. The minimum absolute atomic E-state index is 0.0613. The maximum atomic E-state index is 12.6. The van der Waals surface area contributed by atoms with Gasteiger partial charge in [0.1, 0.15) is 0 Å². The zero-order valence-electron chi connectivity index (χ0n) is 17.3. The van der Waals surface area contributed by atoms with Gasteiger partial charge in [-0.2, -0.15) is 8.78 Å². The SMILES string of the molecule is COc1cc(C=CC(=O)NC(CN2CCOCC2)c2ccccc2)ccc1OC(F)F. The minimum atomic E-state index is -2.94. The number of nitrogens with zero attached hydrogens (tertiary/aromatic N) is 1. The summed E-state index contributed by atoms with van der Waals surface area (Å²) in [4.78, 5) is 14.9. The van der Waals surface area contributed by atoms with Gasteiger partial charge in [0.05, 0.1) is 26.4 Å². The summed E-state index contributed by atoms with van der Waals surface area (Å²) >= 11 is 0. The molecular formula is C23H26F2N2O4. The molecule has 0 radical (unpaired) electrons. The zero-order valence-corrected chi connectivity index (χ0v) is 17.3. The second-order valence-corrected chi connectivity index (χ2v) is 7.01. The summed E-state index contributed by atoms with van der Waals surface area (Å²) in [5, 5.41) is 3.05. The molecule has 1 fully saturated rings. The highest BCUT2D eigenvalue weighted by molar-refractivity contribution is 5.92. The first-order valence-corrected chi connectivity index (χ1v) is 10.0. The van der Waals surface area contributed by atoms with Crippen LogP contribution in [0, 0.1) is 0 Å². The highest BCUT2D eigenvalue weighted by Crippen LogP contribution is 2.29. The van der Waals surface area contributed by atoms with Crippen molar-refractivity contribution < 1.29 is 27.8 Å². The van der Waals surface area contributed by atoms with Crippen LogP contribution in [0.1, 0.15) is 17.2 Å². The van der Waals surface area contributed by atoms with Crippen LogP contribution in [0.25, 0.3) is 6.08 Å². The number of rotatable bonds is 9. The first-order valence-electron chi connectivity index (χ1n) is 10.0. The fourth-order valence-corrected chi connectivity index (χ4v) is 3.33. The Morgan fingerprint density at radius 3 is 2.58 bits per heavy atom. The minimum Gasteiger partial charge on any atom is -0.493 e. The molecule has 0 aromatic heterocycles. The maximum absolute atomic E-state index is 12.6. The average Bonchev–Trinajstić information content (AvgIpc) is 2.79. The molecule has 0 saturated carbocycles. The van der Waals surface area contributed by atoms with Crippen LogP contribution in [-0.2, 0) is 9.53 Å². The number of benzene rings is 2. The van der Waals surface area contributed by atoms with Crippen LogP contribution in [-0.4, -0.2) is 57.4 Å². The predicted octanol–water partition coefficient (Wildman–Crippen LogP) is 3.50. The molecule has 0 bridgehead atoms. The molecular weight excluding hydrogens is 406 g/mol. The molecule has 1 unspecified atom stereocenters. The Morgan fingerprint density at radius 1 is 1.16 bits per heavy atom. The number of amides is 1. The quantitative estimate of drug-likeness (QED) is 0.615. The number of methoxy groups -OCH3 is 1. The predicted molar refractivity (Wildman–Crippen MR) is 113 cm³/mol. The Kier molecular flexibility index (Phi) is 8.37. The molecule has 166 valence electrons.